The second kappa shape index (κ2) is 7.32. The average molecular weight is 392 g/mol. The first kappa shape index (κ1) is 18.0. The summed E-state index contributed by atoms with van der Waals surface area (Å²) in [5.74, 6) is -0.246. The minimum absolute atomic E-state index is 0.246. The van der Waals surface area contributed by atoms with E-state index in [0.717, 1.165) is 22.8 Å². The largest absolute Gasteiger partial charge is 0.322 e. The summed E-state index contributed by atoms with van der Waals surface area (Å²) in [4.78, 5) is 12.6. The first-order valence-corrected chi connectivity index (χ1v) is 9.14. The van der Waals surface area contributed by atoms with Crippen LogP contribution in [0.25, 0.3) is 11.4 Å². The Morgan fingerprint density at radius 2 is 1.89 bits per heavy atom. The summed E-state index contributed by atoms with van der Waals surface area (Å²) in [6.45, 7) is 3.94. The molecule has 0 radical (unpaired) electrons. The van der Waals surface area contributed by atoms with Gasteiger partial charge >= 0.3 is 0 Å². The third kappa shape index (κ3) is 3.54. The van der Waals surface area contributed by atoms with Crippen LogP contribution >= 0.6 is 11.6 Å². The SMILES string of the molecule is Cc1cc(C)n(-c2cccc(NC(=O)c3cnn(-c4ccccc4Cl)c3)c2)n1. The predicted molar refractivity (Wildman–Crippen MR) is 110 cm³/mol. The lowest BCUT2D eigenvalue weighted by atomic mass is 10.2. The highest BCUT2D eigenvalue weighted by atomic mass is 35.5. The third-order valence-corrected chi connectivity index (χ3v) is 4.62. The number of carbonyl (C=O) groups is 1. The Morgan fingerprint density at radius 3 is 2.64 bits per heavy atom. The zero-order chi connectivity index (χ0) is 19.7. The monoisotopic (exact) mass is 391 g/mol. The lowest BCUT2D eigenvalue weighted by Gasteiger charge is -2.08. The molecule has 7 heteroatoms. The van der Waals surface area contributed by atoms with E-state index in [9.17, 15) is 4.79 Å². The molecular formula is C21H18ClN5O. The summed E-state index contributed by atoms with van der Waals surface area (Å²) in [7, 11) is 0. The molecule has 0 aliphatic heterocycles. The molecule has 0 fully saturated rings. The molecule has 1 N–H and O–H groups in total. The molecule has 1 amide bonds. The number of rotatable bonds is 4. The molecule has 2 aromatic carbocycles. The van der Waals surface area contributed by atoms with Crippen LogP contribution in [0.5, 0.6) is 0 Å². The quantitative estimate of drug-likeness (QED) is 0.553. The van der Waals surface area contributed by atoms with Gasteiger partial charge in [-0.25, -0.2) is 9.36 Å². The van der Waals surface area contributed by atoms with Crippen molar-refractivity contribution in [2.75, 3.05) is 5.32 Å². The highest BCUT2D eigenvalue weighted by Gasteiger charge is 2.12. The molecule has 0 aliphatic carbocycles. The van der Waals surface area contributed by atoms with Gasteiger partial charge in [0.2, 0.25) is 0 Å². The second-order valence-corrected chi connectivity index (χ2v) is 6.88. The minimum Gasteiger partial charge on any atom is -0.322 e. The Hall–Kier alpha value is -3.38. The van der Waals surface area contributed by atoms with Crippen molar-refractivity contribution in [2.45, 2.75) is 13.8 Å². The van der Waals surface area contributed by atoms with E-state index in [1.54, 1.807) is 16.9 Å². The molecule has 4 rings (SSSR count). The molecule has 0 saturated carbocycles. The van der Waals surface area contributed by atoms with E-state index in [1.807, 2.05) is 67.1 Å². The van der Waals surface area contributed by atoms with Gasteiger partial charge in [-0.3, -0.25) is 4.79 Å². The van der Waals surface area contributed by atoms with Gasteiger partial charge in [-0.2, -0.15) is 10.2 Å². The van der Waals surface area contributed by atoms with Gasteiger partial charge in [0, 0.05) is 17.6 Å². The molecule has 0 spiro atoms. The van der Waals surface area contributed by atoms with E-state index in [4.69, 9.17) is 11.6 Å². The van der Waals surface area contributed by atoms with Gasteiger partial charge in [-0.05, 0) is 50.2 Å². The zero-order valence-electron chi connectivity index (χ0n) is 15.4. The molecule has 28 heavy (non-hydrogen) atoms. The van der Waals surface area contributed by atoms with Crippen molar-refractivity contribution in [1.29, 1.82) is 0 Å². The Morgan fingerprint density at radius 1 is 1.07 bits per heavy atom. The van der Waals surface area contributed by atoms with Crippen molar-refractivity contribution in [2.24, 2.45) is 0 Å². The van der Waals surface area contributed by atoms with Crippen LogP contribution in [0.1, 0.15) is 21.7 Å². The first-order chi connectivity index (χ1) is 13.5. The van der Waals surface area contributed by atoms with Crippen LogP contribution in [0.3, 0.4) is 0 Å². The molecule has 6 nitrogen and oxygen atoms in total. The smallest absolute Gasteiger partial charge is 0.258 e. The van der Waals surface area contributed by atoms with Crippen molar-refractivity contribution >= 4 is 23.2 Å². The van der Waals surface area contributed by atoms with Crippen molar-refractivity contribution in [3.8, 4) is 11.4 Å². The third-order valence-electron chi connectivity index (χ3n) is 4.30. The summed E-state index contributed by atoms with van der Waals surface area (Å²) in [5.41, 5.74) is 4.70. The van der Waals surface area contributed by atoms with Crippen molar-refractivity contribution in [1.82, 2.24) is 19.6 Å². The number of nitrogens with one attached hydrogen (secondary N) is 1. The molecule has 2 aromatic heterocycles. The predicted octanol–water partition coefficient (Wildman–Crippen LogP) is 4.58. The Kier molecular flexibility index (Phi) is 4.71. The Labute approximate surface area is 167 Å². The van der Waals surface area contributed by atoms with Crippen molar-refractivity contribution < 1.29 is 4.79 Å². The lowest BCUT2D eigenvalue weighted by molar-refractivity contribution is 0.102. The number of para-hydroxylation sites is 1. The average Bonchev–Trinajstić information content (AvgIpc) is 3.29. The van der Waals surface area contributed by atoms with E-state index in [-0.39, 0.29) is 5.91 Å². The van der Waals surface area contributed by atoms with Crippen molar-refractivity contribution in [3.05, 3.63) is 89.0 Å². The fourth-order valence-electron chi connectivity index (χ4n) is 3.02. The van der Waals surface area contributed by atoms with Gasteiger partial charge in [0.1, 0.15) is 0 Å². The number of aromatic nitrogens is 4. The van der Waals surface area contributed by atoms with Crippen LogP contribution in [0.4, 0.5) is 5.69 Å². The van der Waals surface area contributed by atoms with Crippen LogP contribution in [0, 0.1) is 13.8 Å². The van der Waals surface area contributed by atoms with Gasteiger partial charge in [0.15, 0.2) is 0 Å². The zero-order valence-corrected chi connectivity index (χ0v) is 16.2. The Balaban J connectivity index is 1.56. The summed E-state index contributed by atoms with van der Waals surface area (Å²) < 4.78 is 3.43. The molecular weight excluding hydrogens is 374 g/mol. The number of hydrogen-bond donors (Lipinski definition) is 1. The topological polar surface area (TPSA) is 64.7 Å². The molecule has 4 aromatic rings. The summed E-state index contributed by atoms with van der Waals surface area (Å²) in [6, 6.07) is 16.9. The number of amides is 1. The summed E-state index contributed by atoms with van der Waals surface area (Å²) in [6.07, 6.45) is 3.17. The molecule has 0 bridgehead atoms. The number of benzene rings is 2. The van der Waals surface area contributed by atoms with Crippen LogP contribution < -0.4 is 5.32 Å². The maximum absolute atomic E-state index is 12.6. The fourth-order valence-corrected chi connectivity index (χ4v) is 3.24. The molecule has 140 valence electrons. The Bertz CT molecular complexity index is 1160. The lowest BCUT2D eigenvalue weighted by Crippen LogP contribution is -2.11. The van der Waals surface area contributed by atoms with E-state index in [1.165, 1.54) is 6.20 Å². The van der Waals surface area contributed by atoms with Crippen LogP contribution in [-0.2, 0) is 0 Å². The fraction of sp³-hybridized carbons (Fsp3) is 0.0952. The first-order valence-electron chi connectivity index (χ1n) is 8.76. The number of halogens is 1. The number of carbonyl (C=O) groups excluding carboxylic acids is 1. The second-order valence-electron chi connectivity index (χ2n) is 6.47. The molecule has 0 atom stereocenters. The van der Waals surface area contributed by atoms with Gasteiger partial charge in [-0.15, -0.1) is 0 Å². The van der Waals surface area contributed by atoms with E-state index in [2.05, 4.69) is 15.5 Å². The highest BCUT2D eigenvalue weighted by molar-refractivity contribution is 6.32. The number of anilines is 1. The summed E-state index contributed by atoms with van der Waals surface area (Å²) in [5, 5.41) is 12.2. The van der Waals surface area contributed by atoms with E-state index >= 15 is 0 Å². The van der Waals surface area contributed by atoms with E-state index < -0.39 is 0 Å². The number of aryl methyl sites for hydroxylation is 2. The maximum Gasteiger partial charge on any atom is 0.258 e. The van der Waals surface area contributed by atoms with Crippen LogP contribution in [0.2, 0.25) is 5.02 Å². The summed E-state index contributed by atoms with van der Waals surface area (Å²) >= 11 is 6.20. The molecule has 0 saturated heterocycles. The highest BCUT2D eigenvalue weighted by Crippen LogP contribution is 2.20. The maximum atomic E-state index is 12.6. The standard InChI is InChI=1S/C21H18ClN5O/c1-14-10-15(2)27(25-14)18-7-5-6-17(11-18)24-21(28)16-12-23-26(13-16)20-9-4-3-8-19(20)22/h3-13H,1-2H3,(H,24,28). The molecule has 0 unspecified atom stereocenters. The van der Waals surface area contributed by atoms with Gasteiger partial charge < -0.3 is 5.32 Å². The van der Waals surface area contributed by atoms with Gasteiger partial charge in [0.05, 0.1) is 33.9 Å². The van der Waals surface area contributed by atoms with Gasteiger partial charge in [-0.1, -0.05) is 29.8 Å². The van der Waals surface area contributed by atoms with Gasteiger partial charge in [0.25, 0.3) is 5.91 Å². The van der Waals surface area contributed by atoms with Crippen LogP contribution in [0.15, 0.2) is 67.0 Å². The minimum atomic E-state index is -0.246. The number of hydrogen-bond acceptors (Lipinski definition) is 3. The molecule has 0 aliphatic rings. The van der Waals surface area contributed by atoms with Crippen molar-refractivity contribution in [3.63, 3.8) is 0 Å². The van der Waals surface area contributed by atoms with E-state index in [0.29, 0.717) is 16.3 Å². The number of nitrogens with zero attached hydrogens (tertiary/aromatic N) is 4. The van der Waals surface area contributed by atoms with Crippen LogP contribution in [-0.4, -0.2) is 25.5 Å². The normalized spacial score (nSPS) is 10.8. The molecule has 2 heterocycles.